The summed E-state index contributed by atoms with van der Waals surface area (Å²) in [6, 6.07) is 14.9. The van der Waals surface area contributed by atoms with Crippen molar-refractivity contribution in [2.75, 3.05) is 10.0 Å². The molecule has 1 atom stereocenters. The second-order valence-corrected chi connectivity index (χ2v) is 8.15. The van der Waals surface area contributed by atoms with E-state index in [-0.39, 0.29) is 16.8 Å². The quantitative estimate of drug-likeness (QED) is 0.571. The highest BCUT2D eigenvalue weighted by atomic mass is 32.2. The van der Waals surface area contributed by atoms with Crippen LogP contribution in [0.3, 0.4) is 0 Å². The van der Waals surface area contributed by atoms with Gasteiger partial charge in [-0.3, -0.25) is 4.79 Å². The molecule has 0 bridgehead atoms. The number of rotatable bonds is 8. The van der Waals surface area contributed by atoms with Gasteiger partial charge in [-0.25, -0.2) is 23.1 Å². The Morgan fingerprint density at radius 3 is 2.33 bits per heavy atom. The van der Waals surface area contributed by atoms with Gasteiger partial charge in [0.25, 0.3) is 15.9 Å². The first kappa shape index (κ1) is 21.3. The van der Waals surface area contributed by atoms with E-state index in [1.165, 1.54) is 36.7 Å². The molecule has 2 aromatic carbocycles. The summed E-state index contributed by atoms with van der Waals surface area (Å²) in [5.41, 5.74) is 1.40. The largest absolute Gasteiger partial charge is 0.480 e. The number of carbonyl (C=O) groups excluding carboxylic acids is 1. The minimum Gasteiger partial charge on any atom is -0.480 e. The highest BCUT2D eigenvalue weighted by Crippen LogP contribution is 2.20. The molecule has 0 spiro atoms. The molecule has 2 N–H and O–H groups in total. The van der Waals surface area contributed by atoms with Crippen LogP contribution >= 0.6 is 0 Å². The van der Waals surface area contributed by atoms with Crippen LogP contribution in [0.15, 0.2) is 71.9 Å². The zero-order chi connectivity index (χ0) is 21.6. The summed E-state index contributed by atoms with van der Waals surface area (Å²) in [5.74, 6) is 0.316. The Labute approximate surface area is 175 Å². The number of nitrogens with zero attached hydrogens (tertiary/aromatic N) is 2. The number of benzene rings is 2. The van der Waals surface area contributed by atoms with Crippen LogP contribution in [0, 0.1) is 6.92 Å². The van der Waals surface area contributed by atoms with Crippen LogP contribution in [0.2, 0.25) is 0 Å². The zero-order valence-electron chi connectivity index (χ0n) is 16.6. The molecule has 1 heterocycles. The van der Waals surface area contributed by atoms with E-state index in [4.69, 9.17) is 4.74 Å². The molecule has 0 unspecified atom stereocenters. The monoisotopic (exact) mass is 426 g/mol. The maximum absolute atomic E-state index is 12.6. The number of carbonyl (C=O) groups is 1. The second-order valence-electron chi connectivity index (χ2n) is 6.47. The van der Waals surface area contributed by atoms with Crippen molar-refractivity contribution < 1.29 is 17.9 Å². The number of para-hydroxylation sites is 1. The second kappa shape index (κ2) is 9.36. The normalized spacial score (nSPS) is 12.1. The molecule has 1 amide bonds. The molecule has 0 saturated carbocycles. The van der Waals surface area contributed by atoms with Crippen LogP contribution in [-0.2, 0) is 14.8 Å². The summed E-state index contributed by atoms with van der Waals surface area (Å²) >= 11 is 0. The maximum Gasteiger partial charge on any atom is 0.265 e. The Hall–Kier alpha value is -3.46. The van der Waals surface area contributed by atoms with Gasteiger partial charge in [0.05, 0.1) is 4.90 Å². The lowest BCUT2D eigenvalue weighted by Crippen LogP contribution is -2.32. The van der Waals surface area contributed by atoms with Crippen molar-refractivity contribution >= 4 is 27.6 Å². The first-order valence-corrected chi connectivity index (χ1v) is 10.8. The van der Waals surface area contributed by atoms with Gasteiger partial charge in [-0.05, 0) is 55.3 Å². The average molecular weight is 426 g/mol. The topological polar surface area (TPSA) is 110 Å². The molecule has 0 saturated heterocycles. The SMILES string of the molecule is CC[C@H](Oc1ccccc1C)C(=O)Nc1ccc(S(=O)(=O)Nc2ncccn2)cc1. The highest BCUT2D eigenvalue weighted by molar-refractivity contribution is 7.92. The van der Waals surface area contributed by atoms with E-state index in [1.807, 2.05) is 38.1 Å². The number of anilines is 2. The molecule has 3 rings (SSSR count). The van der Waals surface area contributed by atoms with Crippen molar-refractivity contribution in [1.82, 2.24) is 9.97 Å². The lowest BCUT2D eigenvalue weighted by atomic mass is 10.2. The third-order valence-electron chi connectivity index (χ3n) is 4.25. The van der Waals surface area contributed by atoms with Crippen LogP contribution in [0.25, 0.3) is 0 Å². The fraction of sp³-hybridized carbons (Fsp3) is 0.190. The van der Waals surface area contributed by atoms with Gasteiger partial charge in [0, 0.05) is 18.1 Å². The van der Waals surface area contributed by atoms with E-state index >= 15 is 0 Å². The molecule has 9 heteroatoms. The molecular weight excluding hydrogens is 404 g/mol. The minimum atomic E-state index is -3.84. The van der Waals surface area contributed by atoms with Gasteiger partial charge in [-0.15, -0.1) is 0 Å². The highest BCUT2D eigenvalue weighted by Gasteiger charge is 2.20. The fourth-order valence-electron chi connectivity index (χ4n) is 2.64. The van der Waals surface area contributed by atoms with E-state index in [2.05, 4.69) is 20.0 Å². The van der Waals surface area contributed by atoms with E-state index in [0.717, 1.165) is 5.56 Å². The van der Waals surface area contributed by atoms with Gasteiger partial charge < -0.3 is 10.1 Å². The zero-order valence-corrected chi connectivity index (χ0v) is 17.4. The van der Waals surface area contributed by atoms with Gasteiger partial charge in [-0.1, -0.05) is 25.1 Å². The molecular formula is C21H22N4O4S. The summed E-state index contributed by atoms with van der Waals surface area (Å²) in [5, 5.41) is 2.76. The third kappa shape index (κ3) is 5.32. The first-order valence-electron chi connectivity index (χ1n) is 9.32. The lowest BCUT2D eigenvalue weighted by molar-refractivity contribution is -0.122. The van der Waals surface area contributed by atoms with Gasteiger partial charge in [0.2, 0.25) is 5.95 Å². The van der Waals surface area contributed by atoms with Crippen molar-refractivity contribution in [3.05, 3.63) is 72.6 Å². The molecule has 1 aromatic heterocycles. The van der Waals surface area contributed by atoms with Crippen molar-refractivity contribution in [3.63, 3.8) is 0 Å². The number of aromatic nitrogens is 2. The Morgan fingerprint density at radius 2 is 1.70 bits per heavy atom. The average Bonchev–Trinajstić information content (AvgIpc) is 2.74. The van der Waals surface area contributed by atoms with Gasteiger partial charge in [0.1, 0.15) is 5.75 Å². The number of ether oxygens (including phenoxy) is 1. The maximum atomic E-state index is 12.6. The van der Waals surface area contributed by atoms with E-state index in [1.54, 1.807) is 6.07 Å². The van der Waals surface area contributed by atoms with E-state index < -0.39 is 16.1 Å². The van der Waals surface area contributed by atoms with E-state index in [9.17, 15) is 13.2 Å². The molecule has 0 radical (unpaired) electrons. The first-order chi connectivity index (χ1) is 14.4. The van der Waals surface area contributed by atoms with Crippen molar-refractivity contribution in [3.8, 4) is 5.75 Å². The minimum absolute atomic E-state index is 0.0194. The Morgan fingerprint density at radius 1 is 1.03 bits per heavy atom. The standard InChI is InChI=1S/C21H22N4O4S/c1-3-18(29-19-8-5-4-7-15(19)2)20(26)24-16-9-11-17(12-10-16)30(27,28)25-21-22-13-6-14-23-21/h4-14,18H,3H2,1-2H3,(H,24,26)(H,22,23,25)/t18-/m0/s1. The number of nitrogens with one attached hydrogen (secondary N) is 2. The number of hydrogen-bond acceptors (Lipinski definition) is 6. The molecule has 0 fully saturated rings. The molecule has 0 aliphatic heterocycles. The Kier molecular flexibility index (Phi) is 6.63. The molecule has 156 valence electrons. The van der Waals surface area contributed by atoms with Crippen LogP contribution in [0.5, 0.6) is 5.75 Å². The third-order valence-corrected chi connectivity index (χ3v) is 5.59. The van der Waals surface area contributed by atoms with Crippen molar-refractivity contribution in [2.45, 2.75) is 31.3 Å². The predicted molar refractivity (Wildman–Crippen MR) is 114 cm³/mol. The summed E-state index contributed by atoms with van der Waals surface area (Å²) in [6.07, 6.45) is 2.68. The van der Waals surface area contributed by atoms with Crippen LogP contribution in [0.1, 0.15) is 18.9 Å². The van der Waals surface area contributed by atoms with Crippen molar-refractivity contribution in [2.24, 2.45) is 0 Å². The Bertz CT molecular complexity index is 1100. The molecule has 30 heavy (non-hydrogen) atoms. The summed E-state index contributed by atoms with van der Waals surface area (Å²) in [6.45, 7) is 3.77. The summed E-state index contributed by atoms with van der Waals surface area (Å²) in [4.78, 5) is 20.3. The van der Waals surface area contributed by atoms with Gasteiger partial charge in [-0.2, -0.15) is 0 Å². The molecule has 8 nitrogen and oxygen atoms in total. The number of sulfonamides is 1. The number of hydrogen-bond donors (Lipinski definition) is 2. The molecule has 0 aliphatic carbocycles. The number of aryl methyl sites for hydroxylation is 1. The summed E-state index contributed by atoms with van der Waals surface area (Å²) < 4.78 is 33.0. The fourth-order valence-corrected chi connectivity index (χ4v) is 3.59. The predicted octanol–water partition coefficient (Wildman–Crippen LogP) is 3.38. The van der Waals surface area contributed by atoms with Crippen LogP contribution < -0.4 is 14.8 Å². The van der Waals surface area contributed by atoms with Crippen LogP contribution in [-0.4, -0.2) is 30.4 Å². The Balaban J connectivity index is 1.67. The van der Waals surface area contributed by atoms with Gasteiger partial charge >= 0.3 is 0 Å². The summed E-state index contributed by atoms with van der Waals surface area (Å²) in [7, 11) is -3.84. The van der Waals surface area contributed by atoms with Gasteiger partial charge in [0.15, 0.2) is 6.10 Å². The van der Waals surface area contributed by atoms with Crippen molar-refractivity contribution in [1.29, 1.82) is 0 Å². The molecule has 3 aromatic rings. The van der Waals surface area contributed by atoms with Crippen LogP contribution in [0.4, 0.5) is 11.6 Å². The lowest BCUT2D eigenvalue weighted by Gasteiger charge is -2.18. The number of amides is 1. The molecule has 0 aliphatic rings. The van der Waals surface area contributed by atoms with E-state index in [0.29, 0.717) is 17.9 Å². The smallest absolute Gasteiger partial charge is 0.265 e.